The number of aliphatic imine (C=N–C) groups is 1. The Morgan fingerprint density at radius 2 is 2.20 bits per heavy atom. The molecule has 0 bridgehead atoms. The van der Waals surface area contributed by atoms with E-state index in [4.69, 9.17) is 4.74 Å². The Bertz CT molecular complexity index is 404. The van der Waals surface area contributed by atoms with Gasteiger partial charge in [-0.05, 0) is 20.8 Å². The number of aliphatic hydroxyl groups is 2. The van der Waals surface area contributed by atoms with Gasteiger partial charge < -0.3 is 25.6 Å². The predicted octanol–water partition coefficient (Wildman–Crippen LogP) is -0.961. The van der Waals surface area contributed by atoms with Crippen LogP contribution in [0.1, 0.15) is 20.8 Å². The number of fused-ring (bicyclic) bond motifs is 1. The highest BCUT2D eigenvalue weighted by Gasteiger charge is 2.51. The van der Waals surface area contributed by atoms with Crippen LogP contribution in [0.5, 0.6) is 0 Å². The predicted molar refractivity (Wildman–Crippen MR) is 76.4 cm³/mol. The molecule has 5 unspecified atom stereocenters. The lowest BCUT2D eigenvalue weighted by molar-refractivity contribution is -0.173. The standard InChI is InChI=1S/C12H21N3O4S/c1-4-13-12-15-6-7(16)8(17)9(19-11(6)20-12)10(18)14-5(2)3/h5-9,11,16-17H,4H2,1-3H3,(H,13,15)(H,14,18). The minimum Gasteiger partial charge on any atom is -0.388 e. The molecule has 4 N–H and O–H groups in total. The fourth-order valence-electron chi connectivity index (χ4n) is 2.21. The third-order valence-electron chi connectivity index (χ3n) is 3.11. The summed E-state index contributed by atoms with van der Waals surface area (Å²) in [5.74, 6) is -0.411. The van der Waals surface area contributed by atoms with Crippen LogP contribution >= 0.6 is 11.8 Å². The highest BCUT2D eigenvalue weighted by atomic mass is 32.2. The van der Waals surface area contributed by atoms with Gasteiger partial charge >= 0.3 is 0 Å². The minimum atomic E-state index is -1.26. The topological polar surface area (TPSA) is 103 Å². The first-order chi connectivity index (χ1) is 9.43. The molecule has 2 fully saturated rings. The number of hydrogen-bond acceptors (Lipinski definition) is 6. The number of aliphatic hydroxyl groups excluding tert-OH is 2. The highest BCUT2D eigenvalue weighted by molar-refractivity contribution is 8.14. The Kier molecular flexibility index (Phi) is 4.90. The summed E-state index contributed by atoms with van der Waals surface area (Å²) in [5.41, 5.74) is -0.429. The van der Waals surface area contributed by atoms with E-state index in [9.17, 15) is 15.0 Å². The van der Waals surface area contributed by atoms with Crippen molar-refractivity contribution in [3.05, 3.63) is 0 Å². The molecule has 7 nitrogen and oxygen atoms in total. The van der Waals surface area contributed by atoms with Crippen molar-refractivity contribution in [1.82, 2.24) is 10.6 Å². The lowest BCUT2D eigenvalue weighted by atomic mass is 9.97. The molecule has 0 spiro atoms. The summed E-state index contributed by atoms with van der Waals surface area (Å²) in [6.45, 7) is 6.17. The van der Waals surface area contributed by atoms with Crippen molar-refractivity contribution in [3.8, 4) is 0 Å². The molecule has 1 amide bonds. The van der Waals surface area contributed by atoms with Crippen LogP contribution in [0.3, 0.4) is 0 Å². The molecule has 114 valence electrons. The van der Waals surface area contributed by atoms with Gasteiger partial charge in [-0.3, -0.25) is 9.79 Å². The van der Waals surface area contributed by atoms with Gasteiger partial charge in [-0.1, -0.05) is 11.8 Å². The van der Waals surface area contributed by atoms with E-state index in [1.54, 1.807) is 0 Å². The molecule has 8 heteroatoms. The summed E-state index contributed by atoms with van der Waals surface area (Å²) in [6.07, 6.45) is -3.40. The van der Waals surface area contributed by atoms with Gasteiger partial charge in [0, 0.05) is 12.6 Å². The van der Waals surface area contributed by atoms with E-state index in [1.807, 2.05) is 20.8 Å². The number of ether oxygens (including phenoxy) is 1. The molecule has 20 heavy (non-hydrogen) atoms. The number of amides is 1. The van der Waals surface area contributed by atoms with Gasteiger partial charge in [0.05, 0.1) is 6.04 Å². The van der Waals surface area contributed by atoms with E-state index in [0.717, 1.165) is 0 Å². The van der Waals surface area contributed by atoms with Crippen LogP contribution in [-0.2, 0) is 9.53 Å². The number of thioether (sulfide) groups is 1. The Balaban J connectivity index is 2.09. The van der Waals surface area contributed by atoms with E-state index in [1.165, 1.54) is 11.8 Å². The molecule has 0 aliphatic carbocycles. The van der Waals surface area contributed by atoms with Crippen molar-refractivity contribution in [2.45, 2.75) is 56.6 Å². The van der Waals surface area contributed by atoms with Gasteiger partial charge in [-0.25, -0.2) is 0 Å². The monoisotopic (exact) mass is 303 g/mol. The number of carbonyl (C=O) groups is 1. The average molecular weight is 303 g/mol. The normalized spacial score (nSPS) is 38.7. The fraction of sp³-hybridized carbons (Fsp3) is 0.833. The molecule has 5 atom stereocenters. The molecule has 2 aliphatic heterocycles. The summed E-state index contributed by atoms with van der Waals surface area (Å²) in [5, 5.41) is 26.6. The molecule has 0 radical (unpaired) electrons. The van der Waals surface area contributed by atoms with E-state index in [2.05, 4.69) is 15.6 Å². The van der Waals surface area contributed by atoms with Crippen LogP contribution in [0.4, 0.5) is 0 Å². The molecule has 0 saturated carbocycles. The fourth-order valence-corrected chi connectivity index (χ4v) is 3.39. The number of amidine groups is 1. The molecule has 2 heterocycles. The van der Waals surface area contributed by atoms with Crippen LogP contribution in [0.2, 0.25) is 0 Å². The molecule has 0 aromatic carbocycles. The zero-order valence-electron chi connectivity index (χ0n) is 11.7. The van der Waals surface area contributed by atoms with Gasteiger partial charge in [0.2, 0.25) is 0 Å². The first-order valence-electron chi connectivity index (χ1n) is 6.73. The van der Waals surface area contributed by atoms with E-state index >= 15 is 0 Å². The number of nitrogens with zero attached hydrogens (tertiary/aromatic N) is 1. The van der Waals surface area contributed by atoms with Gasteiger partial charge in [0.1, 0.15) is 17.6 Å². The first-order valence-corrected chi connectivity index (χ1v) is 7.61. The SMILES string of the molecule is CCN=C1NC2C(OC(C(=O)NC(C)C)C(O)C2O)S1. The average Bonchev–Trinajstić information content (AvgIpc) is 2.76. The van der Waals surface area contributed by atoms with E-state index in [0.29, 0.717) is 11.7 Å². The summed E-state index contributed by atoms with van der Waals surface area (Å²) < 4.78 is 5.63. The summed E-state index contributed by atoms with van der Waals surface area (Å²) >= 11 is 1.33. The minimum absolute atomic E-state index is 0.0558. The van der Waals surface area contributed by atoms with Crippen LogP contribution in [0.15, 0.2) is 4.99 Å². The van der Waals surface area contributed by atoms with Gasteiger partial charge in [0.25, 0.3) is 5.91 Å². The smallest absolute Gasteiger partial charge is 0.252 e. The van der Waals surface area contributed by atoms with Crippen molar-refractivity contribution >= 4 is 22.8 Å². The van der Waals surface area contributed by atoms with Crippen molar-refractivity contribution in [1.29, 1.82) is 0 Å². The van der Waals surface area contributed by atoms with Gasteiger partial charge in [0.15, 0.2) is 11.3 Å². The van der Waals surface area contributed by atoms with E-state index < -0.39 is 35.7 Å². The van der Waals surface area contributed by atoms with Crippen LogP contribution < -0.4 is 10.6 Å². The Hall–Kier alpha value is -0.830. The maximum Gasteiger partial charge on any atom is 0.252 e. The zero-order valence-corrected chi connectivity index (χ0v) is 12.6. The second-order valence-corrected chi connectivity index (χ2v) is 6.22. The number of nitrogens with one attached hydrogen (secondary N) is 2. The van der Waals surface area contributed by atoms with Gasteiger partial charge in [-0.2, -0.15) is 0 Å². The van der Waals surface area contributed by atoms with E-state index in [-0.39, 0.29) is 6.04 Å². The number of carbonyl (C=O) groups excluding carboxylic acids is 1. The van der Waals surface area contributed by atoms with Crippen LogP contribution in [-0.4, -0.2) is 63.7 Å². The first kappa shape index (κ1) is 15.6. The maximum absolute atomic E-state index is 12.0. The molecule has 2 rings (SSSR count). The lowest BCUT2D eigenvalue weighted by Gasteiger charge is -2.38. The quantitative estimate of drug-likeness (QED) is 0.535. The Morgan fingerprint density at radius 3 is 2.80 bits per heavy atom. The molecule has 2 saturated heterocycles. The van der Waals surface area contributed by atoms with Crippen molar-refractivity contribution in [2.24, 2.45) is 4.99 Å². The van der Waals surface area contributed by atoms with Crippen LogP contribution in [0.25, 0.3) is 0 Å². The Labute approximate surface area is 122 Å². The second kappa shape index (κ2) is 6.30. The molecular weight excluding hydrogens is 282 g/mol. The third-order valence-corrected chi connectivity index (χ3v) is 4.22. The van der Waals surface area contributed by atoms with Crippen molar-refractivity contribution in [2.75, 3.05) is 6.54 Å². The van der Waals surface area contributed by atoms with Crippen LogP contribution in [0, 0.1) is 0 Å². The summed E-state index contributed by atoms with van der Waals surface area (Å²) in [6, 6.07) is -0.511. The number of rotatable bonds is 3. The highest BCUT2D eigenvalue weighted by Crippen LogP contribution is 2.33. The third kappa shape index (κ3) is 3.08. The molecule has 0 aromatic rings. The second-order valence-electron chi connectivity index (χ2n) is 5.14. The molecular formula is C12H21N3O4S. The molecule has 2 aliphatic rings. The zero-order chi connectivity index (χ0) is 14.9. The largest absolute Gasteiger partial charge is 0.388 e. The maximum atomic E-state index is 12.0. The summed E-state index contributed by atoms with van der Waals surface area (Å²) in [7, 11) is 0. The summed E-state index contributed by atoms with van der Waals surface area (Å²) in [4.78, 5) is 16.2. The number of hydrogen-bond donors (Lipinski definition) is 4. The van der Waals surface area contributed by atoms with Crippen molar-refractivity contribution in [3.63, 3.8) is 0 Å². The Morgan fingerprint density at radius 1 is 1.50 bits per heavy atom. The van der Waals surface area contributed by atoms with Crippen molar-refractivity contribution < 1.29 is 19.7 Å². The lowest BCUT2D eigenvalue weighted by Crippen LogP contribution is -2.62. The molecule has 0 aromatic heterocycles. The van der Waals surface area contributed by atoms with Gasteiger partial charge in [-0.15, -0.1) is 0 Å².